The second-order valence-electron chi connectivity index (χ2n) is 7.43. The maximum absolute atomic E-state index is 12.8. The van der Waals surface area contributed by atoms with E-state index in [1.807, 2.05) is 6.92 Å². The van der Waals surface area contributed by atoms with Gasteiger partial charge in [0, 0.05) is 18.8 Å². The third-order valence-corrected chi connectivity index (χ3v) is 7.35. The van der Waals surface area contributed by atoms with E-state index < -0.39 is 10.0 Å². The molecular formula is C19H29N3O4S. The fourth-order valence-corrected chi connectivity index (χ4v) is 4.95. The van der Waals surface area contributed by atoms with Gasteiger partial charge in [0.2, 0.25) is 15.9 Å². The Balaban J connectivity index is 1.67. The first-order valence-electron chi connectivity index (χ1n) is 9.61. The number of nitrogens with zero attached hydrogens (tertiary/aromatic N) is 2. The highest BCUT2D eigenvalue weighted by Gasteiger charge is 2.28. The van der Waals surface area contributed by atoms with Gasteiger partial charge in [-0.05, 0) is 57.0 Å². The minimum absolute atomic E-state index is 0.106. The van der Waals surface area contributed by atoms with Gasteiger partial charge in [0.15, 0.2) is 0 Å². The lowest BCUT2D eigenvalue weighted by molar-refractivity contribution is -0.121. The number of carbonyl (C=O) groups excluding carboxylic acids is 1. The molecule has 2 aliphatic rings. The zero-order valence-corrected chi connectivity index (χ0v) is 16.9. The molecule has 27 heavy (non-hydrogen) atoms. The van der Waals surface area contributed by atoms with E-state index in [0.717, 1.165) is 25.9 Å². The van der Waals surface area contributed by atoms with Crippen molar-refractivity contribution in [1.29, 1.82) is 0 Å². The first kappa shape index (κ1) is 20.3. The second-order valence-corrected chi connectivity index (χ2v) is 9.37. The highest BCUT2D eigenvalue weighted by molar-refractivity contribution is 7.89. The van der Waals surface area contributed by atoms with E-state index in [-0.39, 0.29) is 16.8 Å². The van der Waals surface area contributed by atoms with Crippen LogP contribution in [0, 0.1) is 5.92 Å². The largest absolute Gasteiger partial charge is 0.379 e. The molecule has 0 aromatic heterocycles. The van der Waals surface area contributed by atoms with Crippen LogP contribution in [0.1, 0.15) is 26.7 Å². The molecule has 2 aliphatic heterocycles. The van der Waals surface area contributed by atoms with Gasteiger partial charge < -0.3 is 10.1 Å². The number of likely N-dealkylation sites (tertiary alicyclic amines) is 1. The first-order valence-corrected chi connectivity index (χ1v) is 11.0. The summed E-state index contributed by atoms with van der Waals surface area (Å²) in [6, 6.07) is 6.25. The minimum Gasteiger partial charge on any atom is -0.379 e. The SMILES string of the molecule is CC1CCN(C(C)C(=O)Nc2cccc(S(=O)(=O)N3CCOCC3)c2)CC1. The summed E-state index contributed by atoms with van der Waals surface area (Å²) >= 11 is 0. The molecule has 1 aromatic rings. The van der Waals surface area contributed by atoms with Crippen molar-refractivity contribution in [1.82, 2.24) is 9.21 Å². The summed E-state index contributed by atoms with van der Waals surface area (Å²) in [7, 11) is -3.58. The van der Waals surface area contributed by atoms with Crippen LogP contribution < -0.4 is 5.32 Å². The Labute approximate surface area is 161 Å². The molecule has 3 rings (SSSR count). The summed E-state index contributed by atoms with van der Waals surface area (Å²) in [4.78, 5) is 15.0. The van der Waals surface area contributed by atoms with E-state index in [1.54, 1.807) is 18.2 Å². The number of amides is 1. The average molecular weight is 396 g/mol. The Morgan fingerprint density at radius 1 is 1.19 bits per heavy atom. The van der Waals surface area contributed by atoms with Crippen molar-refractivity contribution < 1.29 is 17.9 Å². The lowest BCUT2D eigenvalue weighted by atomic mass is 9.98. The van der Waals surface area contributed by atoms with Crippen molar-refractivity contribution in [3.8, 4) is 0 Å². The molecule has 0 radical (unpaired) electrons. The fraction of sp³-hybridized carbons (Fsp3) is 0.632. The van der Waals surface area contributed by atoms with Crippen LogP contribution >= 0.6 is 0 Å². The van der Waals surface area contributed by atoms with E-state index in [9.17, 15) is 13.2 Å². The molecule has 150 valence electrons. The highest BCUT2D eigenvalue weighted by Crippen LogP contribution is 2.22. The molecule has 2 fully saturated rings. The zero-order chi connectivity index (χ0) is 19.4. The van der Waals surface area contributed by atoms with Gasteiger partial charge in [-0.2, -0.15) is 4.31 Å². The van der Waals surface area contributed by atoms with Crippen molar-refractivity contribution in [3.05, 3.63) is 24.3 Å². The number of morpholine rings is 1. The number of hydrogen-bond donors (Lipinski definition) is 1. The lowest BCUT2D eigenvalue weighted by Crippen LogP contribution is -2.45. The molecule has 2 saturated heterocycles. The molecule has 7 nitrogen and oxygen atoms in total. The quantitative estimate of drug-likeness (QED) is 0.822. The van der Waals surface area contributed by atoms with Crippen molar-refractivity contribution >= 4 is 21.6 Å². The molecule has 1 unspecified atom stereocenters. The summed E-state index contributed by atoms with van der Waals surface area (Å²) in [5.41, 5.74) is 0.506. The van der Waals surface area contributed by atoms with Crippen molar-refractivity contribution in [2.75, 3.05) is 44.7 Å². The van der Waals surface area contributed by atoms with Gasteiger partial charge in [-0.25, -0.2) is 8.42 Å². The molecule has 0 bridgehead atoms. The minimum atomic E-state index is -3.58. The van der Waals surface area contributed by atoms with Crippen LogP contribution in [0.15, 0.2) is 29.2 Å². The molecule has 2 heterocycles. The maximum Gasteiger partial charge on any atom is 0.243 e. The number of sulfonamides is 1. The Morgan fingerprint density at radius 3 is 2.52 bits per heavy atom. The molecular weight excluding hydrogens is 366 g/mol. The van der Waals surface area contributed by atoms with Crippen molar-refractivity contribution in [3.63, 3.8) is 0 Å². The molecule has 0 spiro atoms. The van der Waals surface area contributed by atoms with Gasteiger partial charge in [0.25, 0.3) is 0 Å². The summed E-state index contributed by atoms with van der Waals surface area (Å²) in [6.45, 7) is 7.49. The average Bonchev–Trinajstić information content (AvgIpc) is 2.69. The van der Waals surface area contributed by atoms with Gasteiger partial charge in [-0.3, -0.25) is 9.69 Å². The van der Waals surface area contributed by atoms with E-state index >= 15 is 0 Å². The molecule has 8 heteroatoms. The van der Waals surface area contributed by atoms with Crippen LogP contribution in [0.25, 0.3) is 0 Å². The topological polar surface area (TPSA) is 79.0 Å². The molecule has 1 amide bonds. The van der Waals surface area contributed by atoms with Crippen LogP contribution in [-0.4, -0.2) is 69.0 Å². The third-order valence-electron chi connectivity index (χ3n) is 5.45. The number of hydrogen-bond acceptors (Lipinski definition) is 5. The van der Waals surface area contributed by atoms with Gasteiger partial charge in [0.05, 0.1) is 24.2 Å². The summed E-state index contributed by atoms with van der Waals surface area (Å²) < 4.78 is 32.2. The number of carbonyl (C=O) groups is 1. The van der Waals surface area contributed by atoms with Crippen molar-refractivity contribution in [2.45, 2.75) is 37.6 Å². The number of benzene rings is 1. The Morgan fingerprint density at radius 2 is 1.85 bits per heavy atom. The first-order chi connectivity index (χ1) is 12.9. The molecule has 1 N–H and O–H groups in total. The number of nitrogens with one attached hydrogen (secondary N) is 1. The van der Waals surface area contributed by atoms with Gasteiger partial charge in [0.1, 0.15) is 0 Å². The molecule has 1 aromatic carbocycles. The molecule has 0 aliphatic carbocycles. The lowest BCUT2D eigenvalue weighted by Gasteiger charge is -2.34. The van der Waals surface area contributed by atoms with Crippen LogP contribution in [0.5, 0.6) is 0 Å². The monoisotopic (exact) mass is 395 g/mol. The standard InChI is InChI=1S/C19H29N3O4S/c1-15-6-8-21(9-7-15)16(2)19(23)20-17-4-3-5-18(14-17)27(24,25)22-10-12-26-13-11-22/h3-5,14-16H,6-13H2,1-2H3,(H,20,23). The predicted molar refractivity (Wildman–Crippen MR) is 104 cm³/mol. The van der Waals surface area contributed by atoms with Crippen LogP contribution in [0.3, 0.4) is 0 Å². The predicted octanol–water partition coefficient (Wildman–Crippen LogP) is 1.77. The Hall–Kier alpha value is -1.48. The normalized spacial score (nSPS) is 21.7. The van der Waals surface area contributed by atoms with E-state index in [2.05, 4.69) is 17.1 Å². The zero-order valence-electron chi connectivity index (χ0n) is 16.1. The van der Waals surface area contributed by atoms with Crippen molar-refractivity contribution in [2.24, 2.45) is 5.92 Å². The molecule has 0 saturated carbocycles. The number of rotatable bonds is 5. The Kier molecular flexibility index (Phi) is 6.52. The fourth-order valence-electron chi connectivity index (χ4n) is 3.50. The second kappa shape index (κ2) is 8.68. The highest BCUT2D eigenvalue weighted by atomic mass is 32.2. The van der Waals surface area contributed by atoms with Gasteiger partial charge in [-0.15, -0.1) is 0 Å². The smallest absolute Gasteiger partial charge is 0.243 e. The summed E-state index contributed by atoms with van der Waals surface area (Å²) in [6.07, 6.45) is 2.20. The third kappa shape index (κ3) is 4.87. The van der Waals surface area contributed by atoms with E-state index in [1.165, 1.54) is 10.4 Å². The molecule has 1 atom stereocenters. The maximum atomic E-state index is 12.8. The van der Waals surface area contributed by atoms with Gasteiger partial charge >= 0.3 is 0 Å². The van der Waals surface area contributed by atoms with Gasteiger partial charge in [-0.1, -0.05) is 13.0 Å². The van der Waals surface area contributed by atoms with E-state index in [0.29, 0.717) is 37.9 Å². The number of piperidine rings is 1. The van der Waals surface area contributed by atoms with Crippen LogP contribution in [0.2, 0.25) is 0 Å². The number of anilines is 1. The number of ether oxygens (including phenoxy) is 1. The summed E-state index contributed by atoms with van der Waals surface area (Å²) in [5, 5.41) is 2.88. The van der Waals surface area contributed by atoms with E-state index in [4.69, 9.17) is 4.74 Å². The van der Waals surface area contributed by atoms with Crippen LogP contribution in [0.4, 0.5) is 5.69 Å². The summed E-state index contributed by atoms with van der Waals surface area (Å²) in [5.74, 6) is 0.601. The Bertz CT molecular complexity index is 754. The van der Waals surface area contributed by atoms with Crippen LogP contribution in [-0.2, 0) is 19.6 Å².